The summed E-state index contributed by atoms with van der Waals surface area (Å²) in [5, 5.41) is 2.70. The minimum absolute atomic E-state index is 0.270. The minimum Gasteiger partial charge on any atom is -0.444 e. The number of nitrogens with zero attached hydrogens (tertiary/aromatic N) is 2. The number of carbonyl (C=O) groups excluding carboxylic acids is 1. The van der Waals surface area contributed by atoms with Gasteiger partial charge in [-0.3, -0.25) is 4.98 Å². The first-order chi connectivity index (χ1) is 7.79. The van der Waals surface area contributed by atoms with Crippen molar-refractivity contribution in [1.82, 2.24) is 15.3 Å². The van der Waals surface area contributed by atoms with Crippen LogP contribution >= 0.6 is 15.9 Å². The molecule has 1 aromatic heterocycles. The number of carbonyl (C=O) groups is 1. The highest BCUT2D eigenvalue weighted by Gasteiger charge is 2.19. The first-order valence-electron chi connectivity index (χ1n) is 5.25. The Balaban J connectivity index is 2.64. The van der Waals surface area contributed by atoms with Gasteiger partial charge < -0.3 is 10.1 Å². The first kappa shape index (κ1) is 13.9. The Bertz CT molecular complexity index is 404. The average Bonchev–Trinajstić information content (AvgIpc) is 2.14. The van der Waals surface area contributed by atoms with Crippen LogP contribution in [0.4, 0.5) is 4.79 Å². The molecule has 0 radical (unpaired) electrons. The normalized spacial score (nSPS) is 13.0. The van der Waals surface area contributed by atoms with Crippen molar-refractivity contribution in [2.24, 2.45) is 0 Å². The number of hydrogen-bond donors (Lipinski definition) is 1. The molecule has 1 aromatic rings. The summed E-state index contributed by atoms with van der Waals surface area (Å²) in [6.45, 7) is 7.26. The SMILES string of the molecule is CC(NC(=O)OC(C)(C)C)c1nccnc1Br. The van der Waals surface area contributed by atoms with Crippen LogP contribution in [-0.4, -0.2) is 21.7 Å². The van der Waals surface area contributed by atoms with Crippen molar-refractivity contribution >= 4 is 22.0 Å². The molecule has 1 N–H and O–H groups in total. The van der Waals surface area contributed by atoms with Gasteiger partial charge in [0, 0.05) is 12.4 Å². The standard InChI is InChI=1S/C11H16BrN3O2/c1-7(8-9(12)14-6-5-13-8)15-10(16)17-11(2,3)4/h5-7H,1-4H3,(H,15,16). The summed E-state index contributed by atoms with van der Waals surface area (Å²) in [6.07, 6.45) is 2.68. The molecule has 0 saturated carbocycles. The van der Waals surface area contributed by atoms with Crippen LogP contribution in [0.3, 0.4) is 0 Å². The van der Waals surface area contributed by atoms with Crippen LogP contribution in [0.1, 0.15) is 39.4 Å². The fraction of sp³-hybridized carbons (Fsp3) is 0.545. The van der Waals surface area contributed by atoms with Gasteiger partial charge in [-0.2, -0.15) is 0 Å². The maximum Gasteiger partial charge on any atom is 0.408 e. The molecule has 0 aliphatic heterocycles. The highest BCUT2D eigenvalue weighted by molar-refractivity contribution is 9.10. The number of alkyl carbamates (subject to hydrolysis) is 1. The van der Waals surface area contributed by atoms with Gasteiger partial charge in [-0.05, 0) is 43.6 Å². The summed E-state index contributed by atoms with van der Waals surface area (Å²) in [7, 11) is 0. The van der Waals surface area contributed by atoms with Crippen molar-refractivity contribution in [2.75, 3.05) is 0 Å². The van der Waals surface area contributed by atoms with Crippen molar-refractivity contribution in [3.63, 3.8) is 0 Å². The Morgan fingerprint density at radius 3 is 2.53 bits per heavy atom. The van der Waals surface area contributed by atoms with Crippen LogP contribution in [0.5, 0.6) is 0 Å². The van der Waals surface area contributed by atoms with E-state index in [0.29, 0.717) is 10.3 Å². The lowest BCUT2D eigenvalue weighted by Gasteiger charge is -2.21. The van der Waals surface area contributed by atoms with Gasteiger partial charge in [-0.1, -0.05) is 0 Å². The predicted octanol–water partition coefficient (Wildman–Crippen LogP) is 2.82. The minimum atomic E-state index is -0.511. The summed E-state index contributed by atoms with van der Waals surface area (Å²) in [5.41, 5.74) is 0.155. The third-order valence-corrected chi connectivity index (χ3v) is 2.43. The molecule has 0 saturated heterocycles. The molecule has 1 atom stereocenters. The first-order valence-corrected chi connectivity index (χ1v) is 6.05. The molecule has 0 aromatic carbocycles. The van der Waals surface area contributed by atoms with Crippen molar-refractivity contribution in [2.45, 2.75) is 39.3 Å². The fourth-order valence-electron chi connectivity index (χ4n) is 1.17. The molecule has 1 rings (SSSR count). The molecule has 0 fully saturated rings. The number of hydrogen-bond acceptors (Lipinski definition) is 4. The lowest BCUT2D eigenvalue weighted by atomic mass is 10.2. The maximum atomic E-state index is 11.6. The predicted molar refractivity (Wildman–Crippen MR) is 67.5 cm³/mol. The van der Waals surface area contributed by atoms with Crippen molar-refractivity contribution < 1.29 is 9.53 Å². The Morgan fingerprint density at radius 1 is 1.41 bits per heavy atom. The number of amides is 1. The second-order valence-corrected chi connectivity index (χ2v) is 5.35. The molecule has 0 aliphatic carbocycles. The van der Waals surface area contributed by atoms with Crippen LogP contribution in [0.15, 0.2) is 17.0 Å². The van der Waals surface area contributed by atoms with Crippen LogP contribution < -0.4 is 5.32 Å². The molecule has 0 aliphatic rings. The number of nitrogens with one attached hydrogen (secondary N) is 1. The molecule has 5 nitrogen and oxygen atoms in total. The molecule has 1 unspecified atom stereocenters. The molecular formula is C11H16BrN3O2. The Hall–Kier alpha value is -1.17. The zero-order valence-electron chi connectivity index (χ0n) is 10.3. The highest BCUT2D eigenvalue weighted by Crippen LogP contribution is 2.18. The van der Waals surface area contributed by atoms with E-state index in [1.807, 2.05) is 27.7 Å². The van der Waals surface area contributed by atoms with E-state index >= 15 is 0 Å². The lowest BCUT2D eigenvalue weighted by molar-refractivity contribution is 0.0506. The van der Waals surface area contributed by atoms with E-state index in [0.717, 1.165) is 0 Å². The smallest absolute Gasteiger partial charge is 0.408 e. The van der Waals surface area contributed by atoms with Gasteiger partial charge in [0.1, 0.15) is 10.2 Å². The Morgan fingerprint density at radius 2 is 2.00 bits per heavy atom. The van der Waals surface area contributed by atoms with E-state index in [9.17, 15) is 4.79 Å². The Kier molecular flexibility index (Phi) is 4.45. The molecular weight excluding hydrogens is 286 g/mol. The lowest BCUT2D eigenvalue weighted by Crippen LogP contribution is -2.34. The van der Waals surface area contributed by atoms with Gasteiger partial charge in [0.05, 0.1) is 11.7 Å². The number of halogens is 1. The van der Waals surface area contributed by atoms with E-state index in [2.05, 4.69) is 31.2 Å². The number of rotatable bonds is 2. The number of aromatic nitrogens is 2. The van der Waals surface area contributed by atoms with E-state index in [1.54, 1.807) is 12.4 Å². The molecule has 1 heterocycles. The van der Waals surface area contributed by atoms with E-state index < -0.39 is 11.7 Å². The topological polar surface area (TPSA) is 64.1 Å². The number of ether oxygens (including phenoxy) is 1. The van der Waals surface area contributed by atoms with Gasteiger partial charge >= 0.3 is 6.09 Å². The zero-order chi connectivity index (χ0) is 13.1. The molecule has 94 valence electrons. The van der Waals surface area contributed by atoms with Crippen LogP contribution in [-0.2, 0) is 4.74 Å². The summed E-state index contributed by atoms with van der Waals surface area (Å²) in [6, 6.07) is -0.270. The fourth-order valence-corrected chi connectivity index (χ4v) is 1.74. The van der Waals surface area contributed by atoms with Crippen LogP contribution in [0.2, 0.25) is 0 Å². The van der Waals surface area contributed by atoms with E-state index in [4.69, 9.17) is 4.74 Å². The van der Waals surface area contributed by atoms with Gasteiger partial charge in [0.2, 0.25) is 0 Å². The van der Waals surface area contributed by atoms with Gasteiger partial charge in [-0.15, -0.1) is 0 Å². The van der Waals surface area contributed by atoms with Crippen molar-refractivity contribution in [1.29, 1.82) is 0 Å². The largest absolute Gasteiger partial charge is 0.444 e. The van der Waals surface area contributed by atoms with Crippen LogP contribution in [0, 0.1) is 0 Å². The van der Waals surface area contributed by atoms with Gasteiger partial charge in [0.25, 0.3) is 0 Å². The summed E-state index contributed by atoms with van der Waals surface area (Å²) < 4.78 is 5.77. The molecule has 6 heteroatoms. The highest BCUT2D eigenvalue weighted by atomic mass is 79.9. The van der Waals surface area contributed by atoms with Gasteiger partial charge in [-0.25, -0.2) is 9.78 Å². The zero-order valence-corrected chi connectivity index (χ0v) is 11.9. The monoisotopic (exact) mass is 301 g/mol. The second kappa shape index (κ2) is 5.44. The van der Waals surface area contributed by atoms with Gasteiger partial charge in [0.15, 0.2) is 0 Å². The maximum absolute atomic E-state index is 11.6. The quantitative estimate of drug-likeness (QED) is 0.912. The second-order valence-electron chi connectivity index (χ2n) is 4.60. The van der Waals surface area contributed by atoms with Crippen molar-refractivity contribution in [3.8, 4) is 0 Å². The van der Waals surface area contributed by atoms with E-state index in [-0.39, 0.29) is 6.04 Å². The summed E-state index contributed by atoms with van der Waals surface area (Å²) >= 11 is 3.28. The third kappa shape index (κ3) is 4.68. The third-order valence-electron chi connectivity index (χ3n) is 1.82. The summed E-state index contributed by atoms with van der Waals surface area (Å²) in [4.78, 5) is 19.7. The molecule has 0 bridgehead atoms. The summed E-state index contributed by atoms with van der Waals surface area (Å²) in [5.74, 6) is 0. The molecule has 1 amide bonds. The van der Waals surface area contributed by atoms with Crippen LogP contribution in [0.25, 0.3) is 0 Å². The average molecular weight is 302 g/mol. The van der Waals surface area contributed by atoms with Crippen molar-refractivity contribution in [3.05, 3.63) is 22.7 Å². The molecule has 0 spiro atoms. The molecule has 17 heavy (non-hydrogen) atoms. The van der Waals surface area contributed by atoms with E-state index in [1.165, 1.54) is 0 Å². The Labute approximate surface area is 109 Å².